The van der Waals surface area contributed by atoms with E-state index in [2.05, 4.69) is 63.5 Å². The third-order valence-electron chi connectivity index (χ3n) is 6.13. The molecule has 0 saturated carbocycles. The third kappa shape index (κ3) is 4.83. The molecule has 0 aliphatic rings. The number of hydrogen-bond acceptors (Lipinski definition) is 4. The van der Waals surface area contributed by atoms with E-state index < -0.39 is 5.97 Å². The lowest BCUT2D eigenvalue weighted by atomic mass is 9.87. The molecule has 5 aromatic rings. The predicted molar refractivity (Wildman–Crippen MR) is 143 cm³/mol. The lowest BCUT2D eigenvalue weighted by Crippen LogP contribution is -1.96. The van der Waals surface area contributed by atoms with Gasteiger partial charge in [-0.3, -0.25) is 5.10 Å². The Morgan fingerprint density at radius 3 is 2.25 bits per heavy atom. The molecule has 0 aliphatic heterocycles. The van der Waals surface area contributed by atoms with Gasteiger partial charge >= 0.3 is 5.97 Å². The van der Waals surface area contributed by atoms with Gasteiger partial charge in [0.2, 0.25) is 0 Å². The molecule has 6 nitrogen and oxygen atoms in total. The monoisotopic (exact) mass is 472 g/mol. The van der Waals surface area contributed by atoms with E-state index in [1.54, 1.807) is 6.08 Å². The Morgan fingerprint density at radius 1 is 0.861 bits per heavy atom. The van der Waals surface area contributed by atoms with Crippen LogP contribution in [0.3, 0.4) is 0 Å². The van der Waals surface area contributed by atoms with Crippen LogP contribution in [-0.4, -0.2) is 31.2 Å². The molecule has 3 aromatic carbocycles. The lowest BCUT2D eigenvalue weighted by Gasteiger charge is -2.17. The van der Waals surface area contributed by atoms with Crippen molar-refractivity contribution in [2.24, 2.45) is 0 Å². The molecule has 2 N–H and O–H groups in total. The van der Waals surface area contributed by atoms with Gasteiger partial charge in [0.25, 0.3) is 0 Å². The Labute approximate surface area is 208 Å². The molecule has 0 amide bonds. The molecule has 0 saturated heterocycles. The molecular weight excluding hydrogens is 448 g/mol. The summed E-state index contributed by atoms with van der Waals surface area (Å²) in [6, 6.07) is 22.8. The standard InChI is InChI=1S/C30H24N4O2/c1-2-27(22-10-8-21(9-11-22)26-16-31-19-32-17-26)30(24-12-13-28-25(15-24)18-33-34-28)23-6-3-20(4-7-23)5-14-29(35)36/h3-19H,2H2,1H3,(H,33,34)(H,35,36). The van der Waals surface area contributed by atoms with Crippen molar-refractivity contribution in [2.45, 2.75) is 13.3 Å². The Balaban J connectivity index is 1.64. The molecule has 0 spiro atoms. The molecule has 0 atom stereocenters. The highest BCUT2D eigenvalue weighted by Gasteiger charge is 2.14. The summed E-state index contributed by atoms with van der Waals surface area (Å²) >= 11 is 0. The van der Waals surface area contributed by atoms with Crippen LogP contribution in [0.4, 0.5) is 0 Å². The van der Waals surface area contributed by atoms with Crippen LogP contribution in [0.1, 0.15) is 35.6 Å². The Kier molecular flexibility index (Phi) is 6.49. The summed E-state index contributed by atoms with van der Waals surface area (Å²) in [5.41, 5.74) is 9.48. The average Bonchev–Trinajstić information content (AvgIpc) is 3.40. The van der Waals surface area contributed by atoms with Gasteiger partial charge < -0.3 is 5.11 Å². The number of carboxylic acids is 1. The van der Waals surface area contributed by atoms with Crippen LogP contribution in [0.15, 0.2) is 97.7 Å². The number of nitrogens with zero attached hydrogens (tertiary/aromatic N) is 3. The maximum atomic E-state index is 10.9. The van der Waals surface area contributed by atoms with E-state index in [1.807, 2.05) is 48.9 Å². The molecule has 0 radical (unpaired) electrons. The van der Waals surface area contributed by atoms with Gasteiger partial charge in [-0.05, 0) is 63.6 Å². The van der Waals surface area contributed by atoms with Crippen molar-refractivity contribution in [3.63, 3.8) is 0 Å². The number of aromatic nitrogens is 4. The number of aliphatic carboxylic acids is 1. The molecular formula is C30H24N4O2. The van der Waals surface area contributed by atoms with E-state index in [4.69, 9.17) is 5.11 Å². The highest BCUT2D eigenvalue weighted by Crippen LogP contribution is 2.36. The minimum atomic E-state index is -0.966. The maximum absolute atomic E-state index is 10.9. The molecule has 0 bridgehead atoms. The third-order valence-corrected chi connectivity index (χ3v) is 6.13. The van der Waals surface area contributed by atoms with Crippen molar-refractivity contribution in [2.75, 3.05) is 0 Å². The number of aromatic amines is 1. The van der Waals surface area contributed by atoms with Crippen molar-refractivity contribution in [3.05, 3.63) is 120 Å². The van der Waals surface area contributed by atoms with Crippen molar-refractivity contribution in [1.82, 2.24) is 20.2 Å². The van der Waals surface area contributed by atoms with Crippen LogP contribution < -0.4 is 0 Å². The van der Waals surface area contributed by atoms with Gasteiger partial charge in [0, 0.05) is 29.4 Å². The molecule has 176 valence electrons. The Morgan fingerprint density at radius 2 is 1.56 bits per heavy atom. The van der Waals surface area contributed by atoms with Gasteiger partial charge in [-0.2, -0.15) is 5.10 Å². The highest BCUT2D eigenvalue weighted by molar-refractivity contribution is 6.00. The van der Waals surface area contributed by atoms with Crippen molar-refractivity contribution >= 4 is 34.1 Å². The molecule has 36 heavy (non-hydrogen) atoms. The molecule has 2 aromatic heterocycles. The minimum Gasteiger partial charge on any atom is -0.478 e. The van der Waals surface area contributed by atoms with Gasteiger partial charge in [-0.1, -0.05) is 61.5 Å². The number of benzene rings is 3. The fourth-order valence-electron chi connectivity index (χ4n) is 4.38. The minimum absolute atomic E-state index is 0.827. The summed E-state index contributed by atoms with van der Waals surface area (Å²) in [5.74, 6) is -0.966. The summed E-state index contributed by atoms with van der Waals surface area (Å²) in [6.45, 7) is 2.16. The normalized spacial score (nSPS) is 12.1. The summed E-state index contributed by atoms with van der Waals surface area (Å²) in [7, 11) is 0. The molecule has 5 rings (SSSR count). The van der Waals surface area contributed by atoms with Crippen LogP contribution in [0, 0.1) is 0 Å². The van der Waals surface area contributed by atoms with Crippen LogP contribution in [0.25, 0.3) is 39.3 Å². The number of carboxylic acid groups (broad SMARTS) is 1. The summed E-state index contributed by atoms with van der Waals surface area (Å²) in [6.07, 6.45) is 10.6. The van der Waals surface area contributed by atoms with Crippen molar-refractivity contribution in [1.29, 1.82) is 0 Å². The zero-order valence-electron chi connectivity index (χ0n) is 19.7. The molecule has 0 unspecified atom stereocenters. The van der Waals surface area contributed by atoms with Crippen LogP contribution in [0.2, 0.25) is 0 Å². The Bertz CT molecular complexity index is 1570. The SMILES string of the molecule is CCC(=C(c1ccc(C=CC(=O)O)cc1)c1ccc2[nH]ncc2c1)c1ccc(-c2cncnc2)cc1. The van der Waals surface area contributed by atoms with Crippen molar-refractivity contribution < 1.29 is 9.90 Å². The van der Waals surface area contributed by atoms with Gasteiger partial charge in [-0.25, -0.2) is 14.8 Å². The molecule has 0 aliphatic carbocycles. The van der Waals surface area contributed by atoms with Crippen LogP contribution >= 0.6 is 0 Å². The molecule has 2 heterocycles. The fourth-order valence-corrected chi connectivity index (χ4v) is 4.38. The topological polar surface area (TPSA) is 91.8 Å². The van der Waals surface area contributed by atoms with E-state index in [1.165, 1.54) is 11.9 Å². The van der Waals surface area contributed by atoms with E-state index in [9.17, 15) is 4.79 Å². The highest BCUT2D eigenvalue weighted by atomic mass is 16.4. The first-order valence-corrected chi connectivity index (χ1v) is 11.7. The van der Waals surface area contributed by atoms with E-state index >= 15 is 0 Å². The summed E-state index contributed by atoms with van der Waals surface area (Å²) in [5, 5.41) is 17.2. The van der Waals surface area contributed by atoms with Gasteiger partial charge in [0.05, 0.1) is 11.7 Å². The van der Waals surface area contributed by atoms with Gasteiger partial charge in [0.1, 0.15) is 6.33 Å². The number of fused-ring (bicyclic) bond motifs is 1. The average molecular weight is 473 g/mol. The van der Waals surface area contributed by atoms with E-state index in [0.29, 0.717) is 0 Å². The zero-order chi connectivity index (χ0) is 24.9. The number of nitrogens with one attached hydrogen (secondary N) is 1. The molecule has 6 heteroatoms. The Hall–Kier alpha value is -4.84. The molecule has 0 fully saturated rings. The van der Waals surface area contributed by atoms with Crippen LogP contribution in [-0.2, 0) is 4.79 Å². The quantitative estimate of drug-likeness (QED) is 0.209. The van der Waals surface area contributed by atoms with E-state index in [-0.39, 0.29) is 0 Å². The van der Waals surface area contributed by atoms with Crippen molar-refractivity contribution in [3.8, 4) is 11.1 Å². The number of H-pyrrole nitrogens is 1. The van der Waals surface area contributed by atoms with Gasteiger partial charge in [0.15, 0.2) is 0 Å². The second-order valence-electron chi connectivity index (χ2n) is 8.38. The summed E-state index contributed by atoms with van der Waals surface area (Å²) < 4.78 is 0. The number of carbonyl (C=O) groups is 1. The fraction of sp³-hybridized carbons (Fsp3) is 0.0667. The first-order valence-electron chi connectivity index (χ1n) is 11.7. The zero-order valence-corrected chi connectivity index (χ0v) is 19.7. The predicted octanol–water partition coefficient (Wildman–Crippen LogP) is 6.49. The largest absolute Gasteiger partial charge is 0.478 e. The second kappa shape index (κ2) is 10.2. The number of hydrogen-bond donors (Lipinski definition) is 2. The second-order valence-corrected chi connectivity index (χ2v) is 8.38. The maximum Gasteiger partial charge on any atom is 0.328 e. The number of allylic oxidation sites excluding steroid dienone is 1. The summed E-state index contributed by atoms with van der Waals surface area (Å²) in [4.78, 5) is 19.2. The first kappa shape index (κ1) is 22.9. The van der Waals surface area contributed by atoms with E-state index in [0.717, 1.165) is 62.4 Å². The van der Waals surface area contributed by atoms with Crippen LogP contribution in [0.5, 0.6) is 0 Å². The van der Waals surface area contributed by atoms with Gasteiger partial charge in [-0.15, -0.1) is 0 Å². The first-order chi connectivity index (χ1) is 17.6. The number of rotatable bonds is 7. The lowest BCUT2D eigenvalue weighted by molar-refractivity contribution is -0.131. The smallest absolute Gasteiger partial charge is 0.328 e.